The second-order valence-corrected chi connectivity index (χ2v) is 9.11. The summed E-state index contributed by atoms with van der Waals surface area (Å²) in [5.74, 6) is 0.770. The van der Waals surface area contributed by atoms with Crippen molar-refractivity contribution in [2.24, 2.45) is 15.6 Å². The molecule has 0 saturated heterocycles. The lowest BCUT2D eigenvalue weighted by molar-refractivity contribution is 0.0898. The summed E-state index contributed by atoms with van der Waals surface area (Å²) in [7, 11) is 0. The Morgan fingerprint density at radius 3 is 2.84 bits per heavy atom. The summed E-state index contributed by atoms with van der Waals surface area (Å²) < 4.78 is 20.5. The second-order valence-electron chi connectivity index (χ2n) is 9.11. The predicted molar refractivity (Wildman–Crippen MR) is 123 cm³/mol. The summed E-state index contributed by atoms with van der Waals surface area (Å²) >= 11 is 0. The molecule has 8 heteroatoms. The van der Waals surface area contributed by atoms with Gasteiger partial charge in [-0.15, -0.1) is 0 Å². The number of fused-ring (bicyclic) bond motifs is 1. The highest BCUT2D eigenvalue weighted by atomic mass is 19.1. The number of pyridine rings is 1. The molecule has 1 atom stereocenters. The Bertz CT molecular complexity index is 1030. The number of oxime groups is 1. The Morgan fingerprint density at radius 1 is 1.41 bits per heavy atom. The van der Waals surface area contributed by atoms with Gasteiger partial charge in [0.25, 0.3) is 0 Å². The van der Waals surface area contributed by atoms with Crippen LogP contribution in [0.2, 0.25) is 0 Å². The summed E-state index contributed by atoms with van der Waals surface area (Å²) in [5, 5.41) is 7.21. The first-order valence-corrected chi connectivity index (χ1v) is 10.5. The molecule has 1 unspecified atom stereocenters. The largest absolute Gasteiger partial charge is 0.485 e. The van der Waals surface area contributed by atoms with Crippen molar-refractivity contribution in [3.8, 4) is 17.0 Å². The Morgan fingerprint density at radius 2 is 2.19 bits per heavy atom. The summed E-state index contributed by atoms with van der Waals surface area (Å²) in [6.45, 7) is 12.4. The lowest BCUT2D eigenvalue weighted by atomic mass is 9.95. The summed E-state index contributed by atoms with van der Waals surface area (Å²) in [5.41, 5.74) is 1.50. The summed E-state index contributed by atoms with van der Waals surface area (Å²) in [6.07, 6.45) is 3.66. The molecular formula is C24H29FN4O3. The van der Waals surface area contributed by atoms with Crippen molar-refractivity contribution in [1.29, 1.82) is 0 Å². The van der Waals surface area contributed by atoms with Gasteiger partial charge in [-0.05, 0) is 38.3 Å². The van der Waals surface area contributed by atoms with E-state index in [9.17, 15) is 9.18 Å². The number of rotatable bonds is 8. The maximum absolute atomic E-state index is 14.4. The number of amidine groups is 1. The van der Waals surface area contributed by atoms with Crippen molar-refractivity contribution in [3.05, 3.63) is 47.4 Å². The van der Waals surface area contributed by atoms with E-state index in [0.29, 0.717) is 47.7 Å². The number of carbonyl (C=O) groups is 1. The van der Waals surface area contributed by atoms with Gasteiger partial charge in [0, 0.05) is 35.1 Å². The number of halogens is 1. The van der Waals surface area contributed by atoms with E-state index in [2.05, 4.69) is 27.2 Å². The van der Waals surface area contributed by atoms with Gasteiger partial charge in [-0.25, -0.2) is 9.38 Å². The fourth-order valence-corrected chi connectivity index (χ4v) is 3.49. The van der Waals surface area contributed by atoms with Crippen LogP contribution in [-0.2, 0) is 11.3 Å². The van der Waals surface area contributed by atoms with Crippen LogP contribution in [0.5, 0.6) is 5.75 Å². The van der Waals surface area contributed by atoms with Crippen molar-refractivity contribution in [1.82, 2.24) is 10.3 Å². The molecule has 0 aliphatic carbocycles. The number of aldehydes is 1. The monoisotopic (exact) mass is 440 g/mol. The van der Waals surface area contributed by atoms with Gasteiger partial charge in [0.05, 0.1) is 11.9 Å². The third kappa shape index (κ3) is 5.56. The molecule has 7 nitrogen and oxygen atoms in total. The molecule has 0 spiro atoms. The van der Waals surface area contributed by atoms with Crippen molar-refractivity contribution < 1.29 is 18.8 Å². The highest BCUT2D eigenvalue weighted by Gasteiger charge is 2.35. The Hall–Kier alpha value is -3.13. The van der Waals surface area contributed by atoms with E-state index < -0.39 is 11.4 Å². The standard InChI is InChI=1S/C24H29FN4O3/c1-23(2,3)22(26-5)29-31-15-27-9-8-24(4)12-17-11-20(28-13-21(17)32-24)18-7-6-16(14-30)10-19(18)25/h6-7,10-11,13-14,27H,5,8-9,12,15H2,1-4H3/b29-22-. The average Bonchev–Trinajstić information content (AvgIpc) is 3.07. The number of benzene rings is 1. The summed E-state index contributed by atoms with van der Waals surface area (Å²) in [6, 6.07) is 6.21. The highest BCUT2D eigenvalue weighted by molar-refractivity contribution is 5.90. The Labute approximate surface area is 187 Å². The number of hydrogen-bond donors (Lipinski definition) is 1. The highest BCUT2D eigenvalue weighted by Crippen LogP contribution is 2.38. The molecule has 0 saturated carbocycles. The van der Waals surface area contributed by atoms with Gasteiger partial charge in [0.2, 0.25) is 0 Å². The minimum Gasteiger partial charge on any atom is -0.485 e. The summed E-state index contributed by atoms with van der Waals surface area (Å²) in [4.78, 5) is 24.4. The van der Waals surface area contributed by atoms with Crippen LogP contribution in [0.15, 0.2) is 40.6 Å². The van der Waals surface area contributed by atoms with Gasteiger partial charge >= 0.3 is 0 Å². The minimum atomic E-state index is -0.475. The van der Waals surface area contributed by atoms with Crippen LogP contribution >= 0.6 is 0 Å². The topological polar surface area (TPSA) is 85.2 Å². The number of ether oxygens (including phenoxy) is 1. The van der Waals surface area contributed by atoms with Gasteiger partial charge in [-0.1, -0.05) is 32.0 Å². The van der Waals surface area contributed by atoms with Crippen LogP contribution in [-0.4, -0.2) is 42.7 Å². The minimum absolute atomic E-state index is 0.231. The molecule has 0 fully saturated rings. The molecule has 32 heavy (non-hydrogen) atoms. The van der Waals surface area contributed by atoms with Crippen LogP contribution in [0.4, 0.5) is 4.39 Å². The number of hydrogen-bond acceptors (Lipinski definition) is 6. The van der Waals surface area contributed by atoms with E-state index in [4.69, 9.17) is 9.57 Å². The fraction of sp³-hybridized carbons (Fsp3) is 0.417. The second kappa shape index (κ2) is 9.56. The van der Waals surface area contributed by atoms with Gasteiger partial charge < -0.3 is 9.57 Å². The zero-order valence-electron chi connectivity index (χ0n) is 18.9. The molecule has 1 N–H and O–H groups in total. The maximum atomic E-state index is 14.4. The van der Waals surface area contributed by atoms with E-state index in [0.717, 1.165) is 12.0 Å². The molecular weight excluding hydrogens is 411 g/mol. The van der Waals surface area contributed by atoms with Crippen molar-refractivity contribution >= 4 is 18.8 Å². The first-order valence-electron chi connectivity index (χ1n) is 10.5. The van der Waals surface area contributed by atoms with Crippen molar-refractivity contribution in [3.63, 3.8) is 0 Å². The molecule has 1 aromatic heterocycles. The molecule has 170 valence electrons. The first kappa shape index (κ1) is 23.5. The third-order valence-corrected chi connectivity index (χ3v) is 5.24. The molecule has 1 aliphatic heterocycles. The van der Waals surface area contributed by atoms with E-state index >= 15 is 0 Å². The smallest absolute Gasteiger partial charge is 0.172 e. The SMILES string of the molecule is C=N/C(=N\OCNCCC1(C)Cc2cc(-c3ccc(C=O)cc3F)ncc2O1)C(C)(C)C. The normalized spacial score (nSPS) is 18.1. The average molecular weight is 441 g/mol. The predicted octanol–water partition coefficient (Wildman–Crippen LogP) is 4.41. The first-order chi connectivity index (χ1) is 15.1. The van der Waals surface area contributed by atoms with Crippen LogP contribution in [0.25, 0.3) is 11.3 Å². The van der Waals surface area contributed by atoms with Crippen molar-refractivity contribution in [2.45, 2.75) is 46.1 Å². The van der Waals surface area contributed by atoms with E-state index in [-0.39, 0.29) is 12.1 Å². The fourth-order valence-electron chi connectivity index (χ4n) is 3.49. The quantitative estimate of drug-likeness (QED) is 0.164. The van der Waals surface area contributed by atoms with Crippen LogP contribution < -0.4 is 10.1 Å². The number of aromatic nitrogens is 1. The van der Waals surface area contributed by atoms with E-state index in [1.165, 1.54) is 6.07 Å². The molecule has 2 heterocycles. The van der Waals surface area contributed by atoms with Crippen LogP contribution in [0.1, 0.15) is 50.0 Å². The molecule has 0 bridgehead atoms. The lowest BCUT2D eigenvalue weighted by Crippen LogP contribution is -2.35. The van der Waals surface area contributed by atoms with Crippen molar-refractivity contribution in [2.75, 3.05) is 13.3 Å². The zero-order valence-corrected chi connectivity index (χ0v) is 18.9. The van der Waals surface area contributed by atoms with Crippen LogP contribution in [0.3, 0.4) is 0 Å². The molecule has 1 aliphatic rings. The lowest BCUT2D eigenvalue weighted by Gasteiger charge is -2.23. The third-order valence-electron chi connectivity index (χ3n) is 5.24. The number of aliphatic imine (C=N–C) groups is 1. The van der Waals surface area contributed by atoms with Gasteiger partial charge in [-0.2, -0.15) is 0 Å². The zero-order chi connectivity index (χ0) is 23.4. The van der Waals surface area contributed by atoms with Gasteiger partial charge in [0.1, 0.15) is 23.5 Å². The molecule has 2 aromatic rings. The number of carbonyl (C=O) groups excluding carboxylic acids is 1. The van der Waals surface area contributed by atoms with E-state index in [1.807, 2.05) is 33.8 Å². The molecule has 0 radical (unpaired) electrons. The number of nitrogens with zero attached hydrogens (tertiary/aromatic N) is 3. The molecule has 0 amide bonds. The Balaban J connectivity index is 1.56. The van der Waals surface area contributed by atoms with Gasteiger partial charge in [0.15, 0.2) is 12.6 Å². The van der Waals surface area contributed by atoms with Gasteiger partial charge in [-0.3, -0.25) is 15.1 Å². The maximum Gasteiger partial charge on any atom is 0.172 e. The Kier molecular flexibility index (Phi) is 7.03. The number of nitrogens with one attached hydrogen (secondary N) is 1. The van der Waals surface area contributed by atoms with Crippen LogP contribution in [0, 0.1) is 11.2 Å². The molecule has 1 aromatic carbocycles. The van der Waals surface area contributed by atoms with E-state index in [1.54, 1.807) is 18.3 Å². The molecule has 3 rings (SSSR count).